The number of nitrogens with zero attached hydrogens (tertiary/aromatic N) is 1. The molecule has 1 rings (SSSR count). The fourth-order valence-electron chi connectivity index (χ4n) is 1.16. The third kappa shape index (κ3) is 3.73. The molecular formula is C7H14N2O3S. The Morgan fingerprint density at radius 2 is 2.23 bits per heavy atom. The highest BCUT2D eigenvalue weighted by Gasteiger charge is 2.18. The lowest BCUT2D eigenvalue weighted by Crippen LogP contribution is -2.49. The first-order valence-electron chi connectivity index (χ1n) is 4.15. The molecule has 13 heavy (non-hydrogen) atoms. The van der Waals surface area contributed by atoms with Crippen LogP contribution in [0.5, 0.6) is 0 Å². The Morgan fingerprint density at radius 3 is 2.77 bits per heavy atom. The molecule has 1 N–H and O–H groups in total. The van der Waals surface area contributed by atoms with Crippen LogP contribution in [0.4, 0.5) is 0 Å². The van der Waals surface area contributed by atoms with Crippen molar-refractivity contribution in [1.29, 1.82) is 0 Å². The second-order valence-electron chi connectivity index (χ2n) is 3.19. The predicted molar refractivity (Wildman–Crippen MR) is 49.2 cm³/mol. The van der Waals surface area contributed by atoms with E-state index in [1.807, 2.05) is 0 Å². The summed E-state index contributed by atoms with van der Waals surface area (Å²) in [5, 5.41) is 2.92. The molecule has 1 aliphatic rings. The minimum atomic E-state index is -2.96. The van der Waals surface area contributed by atoms with Crippen LogP contribution < -0.4 is 5.32 Å². The van der Waals surface area contributed by atoms with Crippen LogP contribution in [0.25, 0.3) is 0 Å². The van der Waals surface area contributed by atoms with Crippen molar-refractivity contribution < 1.29 is 13.2 Å². The van der Waals surface area contributed by atoms with E-state index in [2.05, 4.69) is 5.32 Å². The van der Waals surface area contributed by atoms with Crippen LogP contribution in [0.15, 0.2) is 0 Å². The summed E-state index contributed by atoms with van der Waals surface area (Å²) in [6.45, 7) is 1.99. The Hall–Kier alpha value is -0.620. The summed E-state index contributed by atoms with van der Waals surface area (Å²) in [4.78, 5) is 12.8. The normalized spacial score (nSPS) is 19.2. The lowest BCUT2D eigenvalue weighted by molar-refractivity contribution is -0.131. The smallest absolute Gasteiger partial charge is 0.236 e. The van der Waals surface area contributed by atoms with Gasteiger partial charge in [0.1, 0.15) is 9.84 Å². The van der Waals surface area contributed by atoms with Gasteiger partial charge in [-0.1, -0.05) is 0 Å². The van der Waals surface area contributed by atoms with Crippen LogP contribution in [-0.2, 0) is 14.6 Å². The molecule has 1 aliphatic heterocycles. The first-order valence-corrected chi connectivity index (χ1v) is 6.21. The second kappa shape index (κ2) is 4.06. The topological polar surface area (TPSA) is 66.5 Å². The summed E-state index contributed by atoms with van der Waals surface area (Å²) in [5.41, 5.74) is 0. The molecule has 1 heterocycles. The van der Waals surface area contributed by atoms with E-state index in [1.165, 1.54) is 6.26 Å². The van der Waals surface area contributed by atoms with Crippen LogP contribution in [0.2, 0.25) is 0 Å². The van der Waals surface area contributed by atoms with E-state index in [-0.39, 0.29) is 11.7 Å². The number of nitrogens with one attached hydrogen (secondary N) is 1. The molecule has 1 fully saturated rings. The molecule has 0 unspecified atom stereocenters. The van der Waals surface area contributed by atoms with E-state index >= 15 is 0 Å². The average molecular weight is 206 g/mol. The monoisotopic (exact) mass is 206 g/mol. The maximum absolute atomic E-state index is 11.2. The molecule has 1 amide bonds. The van der Waals surface area contributed by atoms with Gasteiger partial charge in [-0.05, 0) is 0 Å². The standard InChI is InChI=1S/C7H14N2O3S/c1-13(11,12)5-4-9-3-2-8-6-7(9)10/h8H,2-6H2,1H3. The number of hydrogen-bond acceptors (Lipinski definition) is 4. The lowest BCUT2D eigenvalue weighted by Gasteiger charge is -2.26. The average Bonchev–Trinajstić information content (AvgIpc) is 2.01. The molecule has 0 spiro atoms. The van der Waals surface area contributed by atoms with Gasteiger partial charge >= 0.3 is 0 Å². The van der Waals surface area contributed by atoms with E-state index in [9.17, 15) is 13.2 Å². The number of amides is 1. The minimum absolute atomic E-state index is 0.0186. The van der Waals surface area contributed by atoms with Crippen LogP contribution >= 0.6 is 0 Å². The largest absolute Gasteiger partial charge is 0.339 e. The zero-order chi connectivity index (χ0) is 9.90. The molecule has 76 valence electrons. The van der Waals surface area contributed by atoms with Gasteiger partial charge in [-0.3, -0.25) is 4.79 Å². The minimum Gasteiger partial charge on any atom is -0.339 e. The predicted octanol–water partition coefficient (Wildman–Crippen LogP) is -1.54. The number of carbonyl (C=O) groups excluding carboxylic acids is 1. The summed E-state index contributed by atoms with van der Waals surface area (Å²) >= 11 is 0. The maximum atomic E-state index is 11.2. The van der Waals surface area contributed by atoms with Crippen molar-refractivity contribution >= 4 is 15.7 Å². The Bertz CT molecular complexity index is 286. The van der Waals surface area contributed by atoms with E-state index in [0.29, 0.717) is 19.6 Å². The maximum Gasteiger partial charge on any atom is 0.236 e. The van der Waals surface area contributed by atoms with E-state index in [0.717, 1.165) is 6.54 Å². The Balaban J connectivity index is 2.40. The number of sulfone groups is 1. The third-order valence-corrected chi connectivity index (χ3v) is 2.84. The lowest BCUT2D eigenvalue weighted by atomic mass is 10.3. The fraction of sp³-hybridized carbons (Fsp3) is 0.857. The molecule has 5 nitrogen and oxygen atoms in total. The number of rotatable bonds is 3. The zero-order valence-corrected chi connectivity index (χ0v) is 8.43. The van der Waals surface area contributed by atoms with Gasteiger partial charge < -0.3 is 10.2 Å². The molecule has 0 saturated carbocycles. The number of hydrogen-bond donors (Lipinski definition) is 1. The van der Waals surface area contributed by atoms with Gasteiger partial charge in [0.15, 0.2) is 0 Å². The first kappa shape index (κ1) is 10.5. The second-order valence-corrected chi connectivity index (χ2v) is 5.45. The first-order chi connectivity index (χ1) is 5.99. The van der Waals surface area contributed by atoms with E-state index < -0.39 is 9.84 Å². The van der Waals surface area contributed by atoms with Crippen molar-refractivity contribution in [1.82, 2.24) is 10.2 Å². The molecule has 0 radical (unpaired) electrons. The van der Waals surface area contributed by atoms with Crippen LogP contribution in [0.3, 0.4) is 0 Å². The van der Waals surface area contributed by atoms with E-state index in [4.69, 9.17) is 0 Å². The molecule has 0 aromatic heterocycles. The van der Waals surface area contributed by atoms with Crippen molar-refractivity contribution in [2.45, 2.75) is 0 Å². The van der Waals surface area contributed by atoms with Crippen molar-refractivity contribution in [2.75, 3.05) is 38.2 Å². The quantitative estimate of drug-likeness (QED) is 0.608. The fourth-order valence-corrected chi connectivity index (χ4v) is 1.71. The SMILES string of the molecule is CS(=O)(=O)CCN1CCNCC1=O. The van der Waals surface area contributed by atoms with Crippen molar-refractivity contribution in [3.63, 3.8) is 0 Å². The molecule has 1 saturated heterocycles. The summed E-state index contributed by atoms with van der Waals surface area (Å²) in [6, 6.07) is 0. The Labute approximate surface area is 78.0 Å². The van der Waals surface area contributed by atoms with Crippen LogP contribution in [0.1, 0.15) is 0 Å². The van der Waals surface area contributed by atoms with E-state index in [1.54, 1.807) is 4.90 Å². The molecule has 0 aliphatic carbocycles. The summed E-state index contributed by atoms with van der Waals surface area (Å²) in [5.74, 6) is 0.0357. The molecule has 0 atom stereocenters. The van der Waals surface area contributed by atoms with Crippen LogP contribution in [0, 0.1) is 0 Å². The van der Waals surface area contributed by atoms with Gasteiger partial charge in [-0.15, -0.1) is 0 Å². The zero-order valence-electron chi connectivity index (χ0n) is 7.62. The molecular weight excluding hydrogens is 192 g/mol. The summed E-state index contributed by atoms with van der Waals surface area (Å²) in [7, 11) is -2.96. The Morgan fingerprint density at radius 1 is 1.54 bits per heavy atom. The molecule has 0 aromatic carbocycles. The highest BCUT2D eigenvalue weighted by atomic mass is 32.2. The van der Waals surface area contributed by atoms with Crippen LogP contribution in [-0.4, -0.2) is 57.4 Å². The van der Waals surface area contributed by atoms with Gasteiger partial charge in [0, 0.05) is 25.9 Å². The molecule has 0 bridgehead atoms. The van der Waals surface area contributed by atoms with Crippen molar-refractivity contribution in [2.24, 2.45) is 0 Å². The molecule has 0 aromatic rings. The van der Waals surface area contributed by atoms with Gasteiger partial charge in [0.25, 0.3) is 0 Å². The van der Waals surface area contributed by atoms with Crippen molar-refractivity contribution in [3.05, 3.63) is 0 Å². The van der Waals surface area contributed by atoms with Gasteiger partial charge in [0.2, 0.25) is 5.91 Å². The Kier molecular flexibility index (Phi) is 3.27. The van der Waals surface area contributed by atoms with Gasteiger partial charge in [-0.2, -0.15) is 0 Å². The summed E-state index contributed by atoms with van der Waals surface area (Å²) in [6.07, 6.45) is 1.18. The van der Waals surface area contributed by atoms with Gasteiger partial charge in [-0.25, -0.2) is 8.42 Å². The highest BCUT2D eigenvalue weighted by Crippen LogP contribution is 1.95. The molecule has 6 heteroatoms. The number of carbonyl (C=O) groups is 1. The van der Waals surface area contributed by atoms with Crippen molar-refractivity contribution in [3.8, 4) is 0 Å². The third-order valence-electron chi connectivity index (χ3n) is 1.92. The highest BCUT2D eigenvalue weighted by molar-refractivity contribution is 7.90. The number of piperazine rings is 1. The van der Waals surface area contributed by atoms with Gasteiger partial charge in [0.05, 0.1) is 12.3 Å². The summed E-state index contributed by atoms with van der Waals surface area (Å²) < 4.78 is 21.7.